The molecule has 0 bridgehead atoms. The van der Waals surface area contributed by atoms with E-state index in [-0.39, 0.29) is 12.4 Å². The van der Waals surface area contributed by atoms with E-state index in [1.807, 2.05) is 35.0 Å². The third kappa shape index (κ3) is 3.23. The smallest absolute Gasteiger partial charge is 0.155 e. The molecule has 126 valence electrons. The van der Waals surface area contributed by atoms with Crippen LogP contribution in [0.1, 0.15) is 24.6 Å². The van der Waals surface area contributed by atoms with Crippen LogP contribution in [0.25, 0.3) is 16.8 Å². The fraction of sp³-hybridized carbons (Fsp3) is 0.333. The van der Waals surface area contributed by atoms with Gasteiger partial charge in [-0.15, -0.1) is 12.4 Å². The summed E-state index contributed by atoms with van der Waals surface area (Å²) in [4.78, 5) is 4.70. The van der Waals surface area contributed by atoms with Crippen LogP contribution in [0.2, 0.25) is 0 Å². The third-order valence-electron chi connectivity index (χ3n) is 4.45. The van der Waals surface area contributed by atoms with Gasteiger partial charge in [-0.25, -0.2) is 9.50 Å². The summed E-state index contributed by atoms with van der Waals surface area (Å²) in [6.07, 6.45) is 4.26. The molecule has 0 amide bonds. The molecule has 6 heteroatoms. The Balaban J connectivity index is 0.00000169. The number of piperidine rings is 1. The van der Waals surface area contributed by atoms with E-state index in [0.717, 1.165) is 54.3 Å². The van der Waals surface area contributed by atoms with E-state index in [1.54, 1.807) is 7.11 Å². The van der Waals surface area contributed by atoms with Gasteiger partial charge in [0.15, 0.2) is 11.5 Å². The molecule has 3 heterocycles. The molecule has 0 radical (unpaired) electrons. The zero-order valence-corrected chi connectivity index (χ0v) is 14.4. The van der Waals surface area contributed by atoms with Crippen LogP contribution in [-0.4, -0.2) is 34.8 Å². The van der Waals surface area contributed by atoms with Gasteiger partial charge in [0.1, 0.15) is 5.75 Å². The van der Waals surface area contributed by atoms with Crippen molar-refractivity contribution in [3.05, 3.63) is 48.4 Å². The van der Waals surface area contributed by atoms with Gasteiger partial charge in [0, 0.05) is 17.7 Å². The number of rotatable bonds is 3. The normalized spacial score (nSPS) is 15.2. The van der Waals surface area contributed by atoms with Crippen molar-refractivity contribution in [3.8, 4) is 16.9 Å². The molecule has 3 aromatic rings. The number of hydrogen-bond acceptors (Lipinski definition) is 4. The highest BCUT2D eigenvalue weighted by molar-refractivity contribution is 5.85. The van der Waals surface area contributed by atoms with Gasteiger partial charge in [0.05, 0.1) is 7.11 Å². The summed E-state index contributed by atoms with van der Waals surface area (Å²) in [6.45, 7) is 2.10. The van der Waals surface area contributed by atoms with E-state index >= 15 is 0 Å². The molecule has 0 spiro atoms. The van der Waals surface area contributed by atoms with Gasteiger partial charge in [0.25, 0.3) is 0 Å². The maximum atomic E-state index is 5.31. The summed E-state index contributed by atoms with van der Waals surface area (Å²) in [5, 5.41) is 8.10. The van der Waals surface area contributed by atoms with Crippen molar-refractivity contribution in [3.63, 3.8) is 0 Å². The van der Waals surface area contributed by atoms with E-state index in [2.05, 4.69) is 17.4 Å². The number of aromatic nitrogens is 3. The summed E-state index contributed by atoms with van der Waals surface area (Å²) in [5.74, 6) is 2.29. The first-order chi connectivity index (χ1) is 11.3. The Bertz CT molecular complexity index is 827. The first-order valence-corrected chi connectivity index (χ1v) is 8.05. The Hall–Kier alpha value is -2.11. The number of nitrogens with one attached hydrogen (secondary N) is 1. The second-order valence-electron chi connectivity index (χ2n) is 5.95. The molecule has 0 unspecified atom stereocenters. The van der Waals surface area contributed by atoms with Crippen LogP contribution in [0.15, 0.2) is 42.6 Å². The molecule has 1 aromatic carbocycles. The standard InChI is InChI=1S/C18H20N4O.ClH/c1-23-16-4-2-3-14(11-16)15-5-6-17-20-18(21-22(17)12-15)13-7-9-19-10-8-13;/h2-6,11-13,19H,7-10H2,1H3;1H. The highest BCUT2D eigenvalue weighted by Crippen LogP contribution is 2.26. The topological polar surface area (TPSA) is 51.5 Å². The van der Waals surface area contributed by atoms with Crippen molar-refractivity contribution in [1.29, 1.82) is 0 Å². The molecule has 0 aliphatic carbocycles. The summed E-state index contributed by atoms with van der Waals surface area (Å²) < 4.78 is 7.20. The van der Waals surface area contributed by atoms with Crippen molar-refractivity contribution in [2.45, 2.75) is 18.8 Å². The van der Waals surface area contributed by atoms with Crippen LogP contribution in [0.3, 0.4) is 0 Å². The second-order valence-corrected chi connectivity index (χ2v) is 5.95. The van der Waals surface area contributed by atoms with Gasteiger partial charge in [-0.3, -0.25) is 0 Å². The van der Waals surface area contributed by atoms with E-state index in [1.165, 1.54) is 0 Å². The first kappa shape index (κ1) is 16.7. The lowest BCUT2D eigenvalue weighted by Gasteiger charge is -2.19. The average Bonchev–Trinajstić information content (AvgIpc) is 3.06. The van der Waals surface area contributed by atoms with Crippen molar-refractivity contribution in [2.24, 2.45) is 0 Å². The molecule has 2 aromatic heterocycles. The summed E-state index contributed by atoms with van der Waals surface area (Å²) >= 11 is 0. The minimum atomic E-state index is 0. The Morgan fingerprint density at radius 1 is 1.12 bits per heavy atom. The number of halogens is 1. The SMILES string of the molecule is COc1cccc(-c2ccc3nc(C4CCNCC4)nn3c2)c1.Cl. The number of pyridine rings is 1. The number of fused-ring (bicyclic) bond motifs is 1. The zero-order chi connectivity index (χ0) is 15.6. The minimum absolute atomic E-state index is 0. The van der Waals surface area contributed by atoms with Gasteiger partial charge in [0.2, 0.25) is 0 Å². The Morgan fingerprint density at radius 3 is 2.75 bits per heavy atom. The lowest BCUT2D eigenvalue weighted by molar-refractivity contribution is 0.415. The number of nitrogens with zero attached hydrogens (tertiary/aromatic N) is 3. The highest BCUT2D eigenvalue weighted by Gasteiger charge is 2.19. The van der Waals surface area contributed by atoms with Crippen LogP contribution < -0.4 is 10.1 Å². The predicted octanol–water partition coefficient (Wildman–Crippen LogP) is 3.29. The van der Waals surface area contributed by atoms with Gasteiger partial charge in [-0.2, -0.15) is 5.10 Å². The molecule has 5 nitrogen and oxygen atoms in total. The van der Waals surface area contributed by atoms with Crippen LogP contribution >= 0.6 is 12.4 Å². The molecule has 1 fully saturated rings. The van der Waals surface area contributed by atoms with Gasteiger partial charge in [-0.1, -0.05) is 12.1 Å². The van der Waals surface area contributed by atoms with Crippen LogP contribution in [0.5, 0.6) is 5.75 Å². The van der Waals surface area contributed by atoms with Crippen molar-refractivity contribution in [2.75, 3.05) is 20.2 Å². The maximum Gasteiger partial charge on any atom is 0.155 e. The minimum Gasteiger partial charge on any atom is -0.497 e. The number of benzene rings is 1. The molecule has 24 heavy (non-hydrogen) atoms. The van der Waals surface area contributed by atoms with E-state index in [4.69, 9.17) is 14.8 Å². The van der Waals surface area contributed by atoms with Crippen molar-refractivity contribution in [1.82, 2.24) is 19.9 Å². The number of ether oxygens (including phenoxy) is 1. The third-order valence-corrected chi connectivity index (χ3v) is 4.45. The van der Waals surface area contributed by atoms with E-state index < -0.39 is 0 Å². The average molecular weight is 345 g/mol. The van der Waals surface area contributed by atoms with E-state index in [9.17, 15) is 0 Å². The molecule has 0 atom stereocenters. The van der Waals surface area contributed by atoms with Crippen molar-refractivity contribution < 1.29 is 4.74 Å². The van der Waals surface area contributed by atoms with Crippen LogP contribution in [0, 0.1) is 0 Å². The molecule has 1 aliphatic heterocycles. The van der Waals surface area contributed by atoms with Crippen molar-refractivity contribution >= 4 is 18.1 Å². The molecule has 4 rings (SSSR count). The second kappa shape index (κ2) is 7.20. The first-order valence-electron chi connectivity index (χ1n) is 8.05. The monoisotopic (exact) mass is 344 g/mol. The van der Waals surface area contributed by atoms with Crippen LogP contribution in [0.4, 0.5) is 0 Å². The predicted molar refractivity (Wildman–Crippen MR) is 97.1 cm³/mol. The Morgan fingerprint density at radius 2 is 1.96 bits per heavy atom. The zero-order valence-electron chi connectivity index (χ0n) is 13.6. The summed E-state index contributed by atoms with van der Waals surface area (Å²) in [6, 6.07) is 12.2. The lowest BCUT2D eigenvalue weighted by atomic mass is 9.98. The van der Waals surface area contributed by atoms with Gasteiger partial charge < -0.3 is 10.1 Å². The summed E-state index contributed by atoms with van der Waals surface area (Å²) in [5.41, 5.74) is 3.13. The molecular weight excluding hydrogens is 324 g/mol. The van der Waals surface area contributed by atoms with Gasteiger partial charge >= 0.3 is 0 Å². The molecular formula is C18H21ClN4O. The number of methoxy groups -OCH3 is 1. The Labute approximate surface area is 147 Å². The molecule has 1 aliphatic rings. The Kier molecular flexibility index (Phi) is 5.02. The lowest BCUT2D eigenvalue weighted by Crippen LogP contribution is -2.27. The van der Waals surface area contributed by atoms with E-state index in [0.29, 0.717) is 5.92 Å². The molecule has 0 saturated carbocycles. The largest absolute Gasteiger partial charge is 0.497 e. The quantitative estimate of drug-likeness (QED) is 0.792. The highest BCUT2D eigenvalue weighted by atomic mass is 35.5. The maximum absolute atomic E-state index is 5.31. The van der Waals surface area contributed by atoms with Crippen LogP contribution in [-0.2, 0) is 0 Å². The summed E-state index contributed by atoms with van der Waals surface area (Å²) in [7, 11) is 1.69. The fourth-order valence-electron chi connectivity index (χ4n) is 3.13. The number of hydrogen-bond donors (Lipinski definition) is 1. The molecule has 1 N–H and O–H groups in total. The van der Waals surface area contributed by atoms with Gasteiger partial charge in [-0.05, 0) is 55.8 Å². The molecule has 1 saturated heterocycles. The fourth-order valence-corrected chi connectivity index (χ4v) is 3.13.